The smallest absolute Gasteiger partial charge is 0.269 e. The molecule has 2 atom stereocenters. The zero-order valence-corrected chi connectivity index (χ0v) is 19.2. The summed E-state index contributed by atoms with van der Waals surface area (Å²) in [6.07, 6.45) is 0. The topological polar surface area (TPSA) is 172 Å². The fraction of sp³-hybridized carbons (Fsp3) is 0.217. The maximum atomic E-state index is 13.2. The summed E-state index contributed by atoms with van der Waals surface area (Å²) >= 11 is 6.29. The number of aromatic nitrogens is 2. The van der Waals surface area contributed by atoms with E-state index in [4.69, 9.17) is 21.1 Å². The molecular formula is C23H17ClN6O6. The number of benzene rings is 2. The average molecular weight is 509 g/mol. The molecule has 0 fully saturated rings. The van der Waals surface area contributed by atoms with Gasteiger partial charge < -0.3 is 20.1 Å². The Kier molecular flexibility index (Phi) is 5.91. The molecule has 182 valence electrons. The molecule has 2 unspecified atom stereocenters. The van der Waals surface area contributed by atoms with Crippen molar-refractivity contribution in [2.75, 3.05) is 23.8 Å². The second-order valence-electron chi connectivity index (χ2n) is 8.04. The van der Waals surface area contributed by atoms with Crippen molar-refractivity contribution in [2.24, 2.45) is 5.92 Å². The van der Waals surface area contributed by atoms with Gasteiger partial charge in [-0.3, -0.25) is 24.7 Å². The molecule has 2 aliphatic rings. The van der Waals surface area contributed by atoms with Gasteiger partial charge in [0.2, 0.25) is 11.9 Å². The molecular weight excluding hydrogens is 492 g/mol. The number of aromatic amines is 1. The van der Waals surface area contributed by atoms with Crippen LogP contribution in [0.4, 0.5) is 17.5 Å². The van der Waals surface area contributed by atoms with Crippen molar-refractivity contribution in [3.63, 3.8) is 0 Å². The Bertz CT molecular complexity index is 1500. The van der Waals surface area contributed by atoms with Crippen LogP contribution >= 0.6 is 11.6 Å². The minimum atomic E-state index is -1.35. The van der Waals surface area contributed by atoms with Crippen LogP contribution in [0.1, 0.15) is 22.6 Å². The van der Waals surface area contributed by atoms with E-state index in [9.17, 15) is 25.0 Å². The highest BCUT2D eigenvalue weighted by molar-refractivity contribution is 6.31. The van der Waals surface area contributed by atoms with Gasteiger partial charge in [-0.25, -0.2) is 0 Å². The first-order valence-corrected chi connectivity index (χ1v) is 11.1. The highest BCUT2D eigenvalue weighted by Crippen LogP contribution is 2.42. The number of nitriles is 1. The first-order valence-electron chi connectivity index (χ1n) is 10.8. The number of H-pyrrole nitrogens is 1. The van der Waals surface area contributed by atoms with E-state index in [0.717, 1.165) is 11.6 Å². The SMILES string of the molecule is N#CC1C(=O)Nc2nc(NCc3ccc4c(c3)OCCO4)[nH]c(=O)c2C1c1cc([N+](=O)[O-])ccc1Cl. The Balaban J connectivity index is 1.50. The van der Waals surface area contributed by atoms with Crippen LogP contribution in [0.25, 0.3) is 0 Å². The third kappa shape index (κ3) is 4.16. The van der Waals surface area contributed by atoms with E-state index >= 15 is 0 Å². The van der Waals surface area contributed by atoms with Crippen molar-refractivity contribution in [2.45, 2.75) is 12.5 Å². The number of non-ortho nitro benzene ring substituents is 1. The van der Waals surface area contributed by atoms with Crippen LogP contribution in [0.2, 0.25) is 5.02 Å². The Hall–Kier alpha value is -4.63. The van der Waals surface area contributed by atoms with Gasteiger partial charge in [-0.15, -0.1) is 0 Å². The molecule has 1 aromatic heterocycles. The minimum absolute atomic E-state index is 0.0200. The summed E-state index contributed by atoms with van der Waals surface area (Å²) in [7, 11) is 0. The second kappa shape index (κ2) is 9.20. The number of halogens is 1. The number of nitrogens with zero attached hydrogens (tertiary/aromatic N) is 3. The van der Waals surface area contributed by atoms with Crippen molar-refractivity contribution in [1.82, 2.24) is 9.97 Å². The Morgan fingerprint density at radius 3 is 2.72 bits per heavy atom. The van der Waals surface area contributed by atoms with Crippen molar-refractivity contribution >= 4 is 35.0 Å². The van der Waals surface area contributed by atoms with Gasteiger partial charge in [-0.2, -0.15) is 10.2 Å². The first kappa shape index (κ1) is 23.1. The lowest BCUT2D eigenvalue weighted by atomic mass is 9.79. The number of carbonyl (C=O) groups is 1. The molecule has 3 aromatic rings. The van der Waals surface area contributed by atoms with E-state index in [2.05, 4.69) is 20.6 Å². The van der Waals surface area contributed by atoms with Crippen molar-refractivity contribution in [3.8, 4) is 17.6 Å². The molecule has 5 rings (SSSR count). The fourth-order valence-corrected chi connectivity index (χ4v) is 4.43. The Labute approximate surface area is 208 Å². The number of hydrogen-bond donors (Lipinski definition) is 3. The van der Waals surface area contributed by atoms with E-state index < -0.39 is 28.2 Å². The van der Waals surface area contributed by atoms with Gasteiger partial charge in [0.1, 0.15) is 24.9 Å². The number of anilines is 2. The molecule has 13 heteroatoms. The van der Waals surface area contributed by atoms with Gasteiger partial charge in [0, 0.05) is 29.6 Å². The minimum Gasteiger partial charge on any atom is -0.486 e. The lowest BCUT2D eigenvalue weighted by Gasteiger charge is -2.28. The van der Waals surface area contributed by atoms with Crippen molar-refractivity contribution in [3.05, 3.63) is 78.6 Å². The van der Waals surface area contributed by atoms with Crippen LogP contribution in [0, 0.1) is 27.4 Å². The molecule has 2 aromatic carbocycles. The summed E-state index contributed by atoms with van der Waals surface area (Å²) < 4.78 is 11.1. The molecule has 1 amide bonds. The number of nitrogens with one attached hydrogen (secondary N) is 3. The van der Waals surface area contributed by atoms with Crippen molar-refractivity contribution in [1.29, 1.82) is 5.26 Å². The average Bonchev–Trinajstić information content (AvgIpc) is 2.86. The molecule has 12 nitrogen and oxygen atoms in total. The number of amides is 1. The summed E-state index contributed by atoms with van der Waals surface area (Å²) in [6, 6.07) is 10.9. The molecule has 0 saturated carbocycles. The van der Waals surface area contributed by atoms with Crippen LogP contribution in [0.3, 0.4) is 0 Å². The van der Waals surface area contributed by atoms with Crippen LogP contribution in [0.5, 0.6) is 11.5 Å². The van der Waals surface area contributed by atoms with Gasteiger partial charge >= 0.3 is 0 Å². The molecule has 0 bridgehead atoms. The lowest BCUT2D eigenvalue weighted by molar-refractivity contribution is -0.384. The number of rotatable bonds is 5. The van der Waals surface area contributed by atoms with Gasteiger partial charge in [-0.1, -0.05) is 17.7 Å². The normalized spacial score (nSPS) is 17.9. The zero-order chi connectivity index (χ0) is 25.4. The number of hydrogen-bond acceptors (Lipinski definition) is 9. The molecule has 0 aliphatic carbocycles. The predicted octanol–water partition coefficient (Wildman–Crippen LogP) is 2.94. The number of ether oxygens (including phenoxy) is 2. The van der Waals surface area contributed by atoms with Gasteiger partial charge in [-0.05, 0) is 29.3 Å². The molecule has 0 radical (unpaired) electrons. The maximum absolute atomic E-state index is 13.2. The van der Waals surface area contributed by atoms with Gasteiger partial charge in [0.25, 0.3) is 11.2 Å². The standard InChI is InChI=1S/C23H17ClN6O6/c24-15-3-2-12(30(33)34)8-13(15)18-14(9-25)21(31)27-20-19(18)22(32)29-23(28-20)26-10-11-1-4-16-17(7-11)36-6-5-35-16/h1-4,7-8,14,18H,5-6,10H2,(H3,26,27,28,29,31,32). The molecule has 0 saturated heterocycles. The van der Waals surface area contributed by atoms with Crippen LogP contribution in [-0.4, -0.2) is 34.0 Å². The van der Waals surface area contributed by atoms with Crippen LogP contribution < -0.4 is 25.7 Å². The molecule has 0 spiro atoms. The van der Waals surface area contributed by atoms with Crippen LogP contribution in [-0.2, 0) is 11.3 Å². The summed E-state index contributed by atoms with van der Waals surface area (Å²) in [6.45, 7) is 1.20. The summed E-state index contributed by atoms with van der Waals surface area (Å²) in [4.78, 5) is 43.5. The highest BCUT2D eigenvalue weighted by Gasteiger charge is 2.41. The number of carbonyl (C=O) groups excluding carboxylic acids is 1. The molecule has 3 heterocycles. The lowest BCUT2D eigenvalue weighted by Crippen LogP contribution is -2.38. The van der Waals surface area contributed by atoms with E-state index in [-0.39, 0.29) is 40.1 Å². The van der Waals surface area contributed by atoms with E-state index in [1.165, 1.54) is 12.1 Å². The maximum Gasteiger partial charge on any atom is 0.269 e. The molecule has 2 aliphatic heterocycles. The summed E-state index contributed by atoms with van der Waals surface area (Å²) in [5.74, 6) is -1.94. The largest absolute Gasteiger partial charge is 0.486 e. The zero-order valence-electron chi connectivity index (χ0n) is 18.4. The molecule has 3 N–H and O–H groups in total. The second-order valence-corrected chi connectivity index (χ2v) is 8.45. The van der Waals surface area contributed by atoms with E-state index in [1.54, 1.807) is 12.1 Å². The number of nitro benzene ring substituents is 1. The number of nitro groups is 1. The predicted molar refractivity (Wildman–Crippen MR) is 127 cm³/mol. The van der Waals surface area contributed by atoms with E-state index in [1.807, 2.05) is 12.1 Å². The van der Waals surface area contributed by atoms with Crippen LogP contribution in [0.15, 0.2) is 41.2 Å². The monoisotopic (exact) mass is 508 g/mol. The third-order valence-corrected chi connectivity index (χ3v) is 6.20. The van der Waals surface area contributed by atoms with Gasteiger partial charge in [0.15, 0.2) is 11.5 Å². The molecule has 36 heavy (non-hydrogen) atoms. The Morgan fingerprint density at radius 1 is 1.19 bits per heavy atom. The Morgan fingerprint density at radius 2 is 1.97 bits per heavy atom. The van der Waals surface area contributed by atoms with E-state index in [0.29, 0.717) is 24.7 Å². The highest BCUT2D eigenvalue weighted by atomic mass is 35.5. The number of fused-ring (bicyclic) bond motifs is 2. The quantitative estimate of drug-likeness (QED) is 0.346. The van der Waals surface area contributed by atoms with Gasteiger partial charge in [0.05, 0.1) is 16.6 Å². The third-order valence-electron chi connectivity index (χ3n) is 5.85. The fourth-order valence-electron chi connectivity index (χ4n) is 4.20. The van der Waals surface area contributed by atoms with Crippen molar-refractivity contribution < 1.29 is 19.2 Å². The summed E-state index contributed by atoms with van der Waals surface area (Å²) in [5.41, 5.74) is -0.00101. The first-order chi connectivity index (χ1) is 17.4. The summed E-state index contributed by atoms with van der Waals surface area (Å²) in [5, 5.41) is 26.5.